The first-order valence-electron chi connectivity index (χ1n) is 7.31. The first kappa shape index (κ1) is 13.5. The van der Waals surface area contributed by atoms with Crippen molar-refractivity contribution in [1.29, 1.82) is 0 Å². The van der Waals surface area contributed by atoms with Crippen molar-refractivity contribution in [2.45, 2.75) is 52.5 Å². The van der Waals surface area contributed by atoms with Gasteiger partial charge >= 0.3 is 0 Å². The zero-order valence-corrected chi connectivity index (χ0v) is 11.9. The van der Waals surface area contributed by atoms with Gasteiger partial charge in [-0.15, -0.1) is 0 Å². The van der Waals surface area contributed by atoms with Crippen molar-refractivity contribution in [3.63, 3.8) is 0 Å². The van der Waals surface area contributed by atoms with Crippen molar-refractivity contribution in [3.05, 3.63) is 29.6 Å². The molecule has 0 spiro atoms. The monoisotopic (exact) mass is 246 g/mol. The lowest BCUT2D eigenvalue weighted by Gasteiger charge is -2.35. The van der Waals surface area contributed by atoms with E-state index in [4.69, 9.17) is 5.73 Å². The van der Waals surface area contributed by atoms with Crippen LogP contribution in [0.25, 0.3) is 0 Å². The summed E-state index contributed by atoms with van der Waals surface area (Å²) in [5.74, 6) is 2.21. The summed E-state index contributed by atoms with van der Waals surface area (Å²) in [5, 5.41) is 0. The molecule has 0 aliphatic heterocycles. The standard InChI is InChI=1S/C16H26N2/c1-4-13-6-5-7-18-16(13)15(17)14-9-11(2)8-12(3)10-14/h5-7,11-12,14-15H,4,8-10,17H2,1-3H3. The molecule has 0 amide bonds. The topological polar surface area (TPSA) is 38.9 Å². The van der Waals surface area contributed by atoms with E-state index in [1.807, 2.05) is 12.3 Å². The van der Waals surface area contributed by atoms with Gasteiger partial charge in [-0.2, -0.15) is 0 Å². The number of rotatable bonds is 3. The van der Waals surface area contributed by atoms with Gasteiger partial charge in [0, 0.05) is 6.20 Å². The number of hydrogen-bond donors (Lipinski definition) is 1. The zero-order valence-electron chi connectivity index (χ0n) is 11.9. The molecule has 0 aromatic carbocycles. The molecular formula is C16H26N2. The molecule has 3 atom stereocenters. The van der Waals surface area contributed by atoms with E-state index < -0.39 is 0 Å². The number of pyridine rings is 1. The lowest BCUT2D eigenvalue weighted by atomic mass is 9.73. The van der Waals surface area contributed by atoms with Crippen LogP contribution in [-0.2, 0) is 6.42 Å². The Kier molecular flexibility index (Phi) is 4.39. The van der Waals surface area contributed by atoms with Crippen LogP contribution >= 0.6 is 0 Å². The number of nitrogens with two attached hydrogens (primary N) is 1. The molecule has 1 aromatic heterocycles. The number of hydrogen-bond acceptors (Lipinski definition) is 2. The Morgan fingerprint density at radius 3 is 2.56 bits per heavy atom. The quantitative estimate of drug-likeness (QED) is 0.883. The van der Waals surface area contributed by atoms with E-state index in [2.05, 4.69) is 31.8 Å². The van der Waals surface area contributed by atoms with Crippen LogP contribution in [0.2, 0.25) is 0 Å². The smallest absolute Gasteiger partial charge is 0.0605 e. The molecule has 0 bridgehead atoms. The Balaban J connectivity index is 2.17. The van der Waals surface area contributed by atoms with Crippen LogP contribution in [0.5, 0.6) is 0 Å². The highest BCUT2D eigenvalue weighted by Gasteiger charge is 2.30. The van der Waals surface area contributed by atoms with E-state index in [1.54, 1.807) is 0 Å². The van der Waals surface area contributed by atoms with Crippen molar-refractivity contribution >= 4 is 0 Å². The van der Waals surface area contributed by atoms with Gasteiger partial charge in [0.15, 0.2) is 0 Å². The van der Waals surface area contributed by atoms with Crippen LogP contribution in [0.3, 0.4) is 0 Å². The van der Waals surface area contributed by atoms with Gasteiger partial charge in [0.2, 0.25) is 0 Å². The average Bonchev–Trinajstić information content (AvgIpc) is 2.36. The molecule has 0 radical (unpaired) electrons. The third-order valence-corrected chi connectivity index (χ3v) is 4.35. The Bertz CT molecular complexity index is 378. The lowest BCUT2D eigenvalue weighted by molar-refractivity contribution is 0.191. The van der Waals surface area contributed by atoms with Gasteiger partial charge in [0.25, 0.3) is 0 Å². The van der Waals surface area contributed by atoms with Crippen molar-refractivity contribution in [1.82, 2.24) is 4.98 Å². The van der Waals surface area contributed by atoms with E-state index in [1.165, 1.54) is 24.8 Å². The molecule has 3 unspecified atom stereocenters. The van der Waals surface area contributed by atoms with Crippen LogP contribution in [0.1, 0.15) is 57.3 Å². The molecule has 0 saturated heterocycles. The normalized spacial score (nSPS) is 30.1. The Labute approximate surface area is 111 Å². The fourth-order valence-corrected chi connectivity index (χ4v) is 3.58. The second kappa shape index (κ2) is 5.83. The molecule has 2 N–H and O–H groups in total. The zero-order chi connectivity index (χ0) is 13.1. The molecule has 2 nitrogen and oxygen atoms in total. The molecule has 2 rings (SSSR count). The minimum atomic E-state index is 0.117. The molecule has 1 aliphatic carbocycles. The van der Waals surface area contributed by atoms with Crippen LogP contribution in [0.15, 0.2) is 18.3 Å². The minimum Gasteiger partial charge on any atom is -0.322 e. The van der Waals surface area contributed by atoms with E-state index in [0.29, 0.717) is 5.92 Å². The maximum atomic E-state index is 6.51. The Hall–Kier alpha value is -0.890. The van der Waals surface area contributed by atoms with Crippen molar-refractivity contribution < 1.29 is 0 Å². The summed E-state index contributed by atoms with van der Waals surface area (Å²) >= 11 is 0. The summed E-state index contributed by atoms with van der Waals surface area (Å²) < 4.78 is 0. The fourth-order valence-electron chi connectivity index (χ4n) is 3.58. The van der Waals surface area contributed by atoms with Gasteiger partial charge in [-0.1, -0.05) is 26.8 Å². The van der Waals surface area contributed by atoms with E-state index in [0.717, 1.165) is 24.0 Å². The van der Waals surface area contributed by atoms with E-state index >= 15 is 0 Å². The first-order chi connectivity index (χ1) is 8.61. The van der Waals surface area contributed by atoms with Crippen LogP contribution in [0.4, 0.5) is 0 Å². The summed E-state index contributed by atoms with van der Waals surface area (Å²) in [6, 6.07) is 4.30. The number of nitrogens with zero attached hydrogens (tertiary/aromatic N) is 1. The second-order valence-corrected chi connectivity index (χ2v) is 6.10. The predicted octanol–water partition coefficient (Wildman–Crippen LogP) is 3.72. The SMILES string of the molecule is CCc1cccnc1C(N)C1CC(C)CC(C)C1. The largest absolute Gasteiger partial charge is 0.322 e. The number of aromatic nitrogens is 1. The Morgan fingerprint density at radius 2 is 1.94 bits per heavy atom. The fraction of sp³-hybridized carbons (Fsp3) is 0.688. The van der Waals surface area contributed by atoms with Crippen LogP contribution in [0, 0.1) is 17.8 Å². The highest BCUT2D eigenvalue weighted by atomic mass is 14.8. The highest BCUT2D eigenvalue weighted by Crippen LogP contribution is 2.38. The first-order valence-corrected chi connectivity index (χ1v) is 7.31. The van der Waals surface area contributed by atoms with Crippen molar-refractivity contribution in [2.75, 3.05) is 0 Å². The molecule has 1 heterocycles. The van der Waals surface area contributed by atoms with Gasteiger partial charge < -0.3 is 5.73 Å². The molecule has 2 heteroatoms. The summed E-state index contributed by atoms with van der Waals surface area (Å²) in [6.45, 7) is 6.89. The van der Waals surface area contributed by atoms with Gasteiger partial charge in [-0.05, 0) is 55.1 Å². The lowest BCUT2D eigenvalue weighted by Crippen LogP contribution is -2.30. The molecule has 18 heavy (non-hydrogen) atoms. The maximum absolute atomic E-state index is 6.51. The van der Waals surface area contributed by atoms with Gasteiger partial charge in [0.05, 0.1) is 11.7 Å². The predicted molar refractivity (Wildman–Crippen MR) is 76.2 cm³/mol. The van der Waals surface area contributed by atoms with Crippen molar-refractivity contribution in [2.24, 2.45) is 23.5 Å². The van der Waals surface area contributed by atoms with Gasteiger partial charge in [-0.3, -0.25) is 4.98 Å². The summed E-state index contributed by atoms with van der Waals surface area (Å²) in [5.41, 5.74) is 8.95. The van der Waals surface area contributed by atoms with E-state index in [9.17, 15) is 0 Å². The molecule has 1 saturated carbocycles. The summed E-state index contributed by atoms with van der Waals surface area (Å²) in [4.78, 5) is 4.55. The van der Waals surface area contributed by atoms with Crippen molar-refractivity contribution in [3.8, 4) is 0 Å². The van der Waals surface area contributed by atoms with Crippen LogP contribution in [-0.4, -0.2) is 4.98 Å². The third-order valence-electron chi connectivity index (χ3n) is 4.35. The van der Waals surface area contributed by atoms with Crippen LogP contribution < -0.4 is 5.73 Å². The molecular weight excluding hydrogens is 220 g/mol. The summed E-state index contributed by atoms with van der Waals surface area (Å²) in [7, 11) is 0. The molecule has 100 valence electrons. The summed E-state index contributed by atoms with van der Waals surface area (Å²) in [6.07, 6.45) is 6.77. The highest BCUT2D eigenvalue weighted by molar-refractivity contribution is 5.23. The molecule has 1 aromatic rings. The molecule has 1 fully saturated rings. The third kappa shape index (κ3) is 2.92. The maximum Gasteiger partial charge on any atom is 0.0605 e. The second-order valence-electron chi connectivity index (χ2n) is 6.10. The number of aryl methyl sites for hydroxylation is 1. The molecule has 1 aliphatic rings. The van der Waals surface area contributed by atoms with Gasteiger partial charge in [0.1, 0.15) is 0 Å². The van der Waals surface area contributed by atoms with E-state index in [-0.39, 0.29) is 6.04 Å². The average molecular weight is 246 g/mol. The Morgan fingerprint density at radius 1 is 1.28 bits per heavy atom. The van der Waals surface area contributed by atoms with Gasteiger partial charge in [-0.25, -0.2) is 0 Å². The minimum absolute atomic E-state index is 0.117.